The van der Waals surface area contributed by atoms with E-state index in [2.05, 4.69) is 53.1 Å². The zero-order valence-electron chi connectivity index (χ0n) is 33.4. The van der Waals surface area contributed by atoms with Crippen molar-refractivity contribution >= 4 is 59.2 Å². The molecule has 1 aromatic heterocycles. The number of hydrogen-bond donors (Lipinski definition) is 6. The van der Waals surface area contributed by atoms with Crippen molar-refractivity contribution in [1.82, 2.24) is 30.8 Å². The van der Waals surface area contributed by atoms with Gasteiger partial charge >= 0.3 is 5.97 Å². The normalized spacial score (nSPS) is 33.4. The van der Waals surface area contributed by atoms with Gasteiger partial charge in [0.1, 0.15) is 11.4 Å². The van der Waals surface area contributed by atoms with Gasteiger partial charge in [0.25, 0.3) is 0 Å². The van der Waals surface area contributed by atoms with Crippen LogP contribution in [0.3, 0.4) is 0 Å². The van der Waals surface area contributed by atoms with E-state index in [0.29, 0.717) is 56.7 Å². The van der Waals surface area contributed by atoms with Crippen LogP contribution in [0.1, 0.15) is 58.9 Å². The van der Waals surface area contributed by atoms with Crippen LogP contribution in [-0.4, -0.2) is 124 Å². The number of guanidine groups is 2. The second-order valence-electron chi connectivity index (χ2n) is 17.0. The second-order valence-corrected chi connectivity index (χ2v) is 17.0. The highest BCUT2D eigenvalue weighted by molar-refractivity contribution is 6.05. The van der Waals surface area contributed by atoms with Gasteiger partial charge in [0, 0.05) is 37.0 Å². The Labute approximate surface area is 336 Å². The van der Waals surface area contributed by atoms with E-state index in [4.69, 9.17) is 9.47 Å². The van der Waals surface area contributed by atoms with Gasteiger partial charge in [0.05, 0.1) is 67.4 Å². The highest BCUT2D eigenvalue weighted by Crippen LogP contribution is 2.66. The maximum absolute atomic E-state index is 14.0. The Morgan fingerprint density at radius 3 is 2.40 bits per heavy atom. The number of rotatable bonds is 11. The molecule has 58 heavy (non-hydrogen) atoms. The number of ether oxygens (including phenoxy) is 2. The first-order chi connectivity index (χ1) is 27.7. The highest BCUT2D eigenvalue weighted by atomic mass is 16.6. The van der Waals surface area contributed by atoms with Crippen LogP contribution < -0.4 is 21.3 Å². The maximum Gasteiger partial charge on any atom is 0.341 e. The summed E-state index contributed by atoms with van der Waals surface area (Å²) in [4.78, 5) is 62.1. The van der Waals surface area contributed by atoms with Crippen LogP contribution >= 0.6 is 0 Å². The van der Waals surface area contributed by atoms with Gasteiger partial charge in [-0.1, -0.05) is 19.9 Å². The summed E-state index contributed by atoms with van der Waals surface area (Å²) in [6.45, 7) is 8.56. The number of aliphatic hydroxyl groups excluding tert-OH is 2. The molecular weight excluding hydrogens is 745 g/mol. The molecule has 1 aromatic carbocycles. The first kappa shape index (κ1) is 39.9. The Morgan fingerprint density at radius 2 is 1.76 bits per heavy atom. The lowest BCUT2D eigenvalue weighted by Gasteiger charge is -2.63. The van der Waals surface area contributed by atoms with Gasteiger partial charge in [0.15, 0.2) is 0 Å². The third kappa shape index (κ3) is 7.23. The number of cyclic esters (lactones) is 1. The average Bonchev–Trinajstić information content (AvgIpc) is 3.64. The number of aliphatic hydroxyl groups is 2. The van der Waals surface area contributed by atoms with E-state index in [0.717, 1.165) is 16.6 Å². The predicted octanol–water partition coefficient (Wildman–Crippen LogP) is 1.16. The predicted molar refractivity (Wildman–Crippen MR) is 217 cm³/mol. The molecule has 1 spiro atoms. The van der Waals surface area contributed by atoms with E-state index < -0.39 is 46.6 Å². The number of amides is 2. The Balaban J connectivity index is 1.15. The number of benzene rings is 1. The number of esters is 1. The molecule has 8 rings (SSSR count). The fourth-order valence-corrected chi connectivity index (χ4v) is 10.1. The summed E-state index contributed by atoms with van der Waals surface area (Å²) in [6.07, 6.45) is 9.69. The largest absolute Gasteiger partial charge is 0.423 e. The molecule has 17 heteroatoms. The summed E-state index contributed by atoms with van der Waals surface area (Å²) < 4.78 is 14.3. The van der Waals surface area contributed by atoms with E-state index in [9.17, 15) is 24.6 Å². The van der Waals surface area contributed by atoms with Gasteiger partial charge in [-0.2, -0.15) is 0 Å². The highest BCUT2D eigenvalue weighted by Gasteiger charge is 2.71. The molecule has 4 aliphatic heterocycles. The molecule has 1 saturated heterocycles. The minimum atomic E-state index is -0.866. The summed E-state index contributed by atoms with van der Waals surface area (Å²) in [7, 11) is 1.92. The van der Waals surface area contributed by atoms with Gasteiger partial charge < -0.3 is 29.6 Å². The number of aliphatic imine (C=N–C) groups is 4. The van der Waals surface area contributed by atoms with Gasteiger partial charge in [0.2, 0.25) is 23.7 Å². The molecular formula is C41H52N10O7. The third-order valence-electron chi connectivity index (χ3n) is 13.5. The number of carbonyl (C=O) groups excluding carboxylic acids is 3. The number of aromatic nitrogens is 2. The van der Waals surface area contributed by atoms with Crippen LogP contribution in [0.15, 0.2) is 61.9 Å². The summed E-state index contributed by atoms with van der Waals surface area (Å²) in [5.74, 6) is -0.880. The van der Waals surface area contributed by atoms with Crippen LogP contribution in [-0.2, 0) is 30.9 Å². The number of allylic oxidation sites excluding steroid dienone is 1. The number of epoxide rings is 1. The first-order valence-electron chi connectivity index (χ1n) is 20.0. The van der Waals surface area contributed by atoms with Crippen molar-refractivity contribution in [1.29, 1.82) is 0 Å². The van der Waals surface area contributed by atoms with Crippen molar-refractivity contribution < 1.29 is 34.1 Å². The number of aryl methyl sites for hydroxylation is 1. The molecule has 2 saturated carbocycles. The van der Waals surface area contributed by atoms with Crippen molar-refractivity contribution in [2.45, 2.75) is 89.3 Å². The number of imidazole rings is 1. The van der Waals surface area contributed by atoms with Crippen molar-refractivity contribution in [2.24, 2.45) is 49.7 Å². The minimum absolute atomic E-state index is 0.216. The molecule has 2 aromatic rings. The Hall–Kier alpha value is -4.94. The smallest absolute Gasteiger partial charge is 0.341 e. The molecule has 2 amide bonds. The Bertz CT molecular complexity index is 2190. The Kier molecular flexibility index (Phi) is 10.5. The lowest BCUT2D eigenvalue weighted by atomic mass is 9.43. The van der Waals surface area contributed by atoms with Crippen LogP contribution in [0.2, 0.25) is 0 Å². The molecule has 7 unspecified atom stereocenters. The quantitative estimate of drug-likeness (QED) is 0.141. The summed E-state index contributed by atoms with van der Waals surface area (Å²) in [5.41, 5.74) is 0.795. The second kappa shape index (κ2) is 15.3. The summed E-state index contributed by atoms with van der Waals surface area (Å²) in [5, 5.41) is 35.0. The van der Waals surface area contributed by atoms with E-state index in [1.165, 1.54) is 0 Å². The number of fused-ring (bicyclic) bond motifs is 2. The van der Waals surface area contributed by atoms with Crippen molar-refractivity contribution in [3.63, 3.8) is 0 Å². The molecule has 17 nitrogen and oxygen atoms in total. The molecule has 6 N–H and O–H groups in total. The first-order valence-corrected chi connectivity index (χ1v) is 20.0. The van der Waals surface area contributed by atoms with Crippen LogP contribution in [0.4, 0.5) is 0 Å². The third-order valence-corrected chi connectivity index (χ3v) is 13.5. The van der Waals surface area contributed by atoms with Gasteiger partial charge in [-0.05, 0) is 86.6 Å². The summed E-state index contributed by atoms with van der Waals surface area (Å²) >= 11 is 0. The fraction of sp³-hybridized carbons (Fsp3) is 0.561. The van der Waals surface area contributed by atoms with E-state index >= 15 is 0 Å². The molecule has 0 bridgehead atoms. The van der Waals surface area contributed by atoms with Gasteiger partial charge in [-0.25, -0.2) is 29.7 Å². The van der Waals surface area contributed by atoms with Crippen molar-refractivity contribution in [2.75, 3.05) is 26.3 Å². The maximum atomic E-state index is 14.0. The van der Waals surface area contributed by atoms with Crippen LogP contribution in [0, 0.1) is 22.7 Å². The molecule has 2 aliphatic carbocycles. The van der Waals surface area contributed by atoms with E-state index in [1.54, 1.807) is 44.8 Å². The number of hydrogen-bond acceptors (Lipinski definition) is 14. The molecule has 5 heterocycles. The fourth-order valence-electron chi connectivity index (χ4n) is 10.1. The monoisotopic (exact) mass is 796 g/mol. The number of carbonyl (C=O) groups is 3. The molecule has 10 atom stereocenters. The van der Waals surface area contributed by atoms with Gasteiger partial charge in [-0.3, -0.25) is 25.5 Å². The SMILES string of the molecule is CC(NC(CC1C2(CO2)C(NC(C)C(=O)NC2=NCC=N2)CC2[C@]1(C)CC[C@@H](O)[C@@]2(C)CO)C1=C/C(=C\c2ccc3c(c2)ncn3C)OC1=O)C(=O)NC1=NCC=N1. The number of nitrogens with zero attached hydrogens (tertiary/aromatic N) is 6. The van der Waals surface area contributed by atoms with Crippen LogP contribution in [0.5, 0.6) is 0 Å². The van der Waals surface area contributed by atoms with Gasteiger partial charge in [-0.15, -0.1) is 0 Å². The summed E-state index contributed by atoms with van der Waals surface area (Å²) in [6, 6.07) is 3.27. The molecule has 3 fully saturated rings. The van der Waals surface area contributed by atoms with E-state index in [-0.39, 0.29) is 48.2 Å². The zero-order chi connectivity index (χ0) is 41.0. The van der Waals surface area contributed by atoms with E-state index in [1.807, 2.05) is 36.7 Å². The van der Waals surface area contributed by atoms with Crippen molar-refractivity contribution in [3.05, 3.63) is 47.5 Å². The topological polar surface area (TPSA) is 229 Å². The lowest BCUT2D eigenvalue weighted by molar-refractivity contribution is -0.185. The molecule has 0 radical (unpaired) electrons. The van der Waals surface area contributed by atoms with Crippen LogP contribution in [0.25, 0.3) is 17.1 Å². The average molecular weight is 797 g/mol. The van der Waals surface area contributed by atoms with Crippen molar-refractivity contribution in [3.8, 4) is 0 Å². The minimum Gasteiger partial charge on any atom is -0.423 e. The number of nitrogens with one attached hydrogen (secondary N) is 4. The molecule has 308 valence electrons. The standard InChI is InChI=1S/C41H52N10O7/c1-22(34(54)49-37-42-10-11-43-37)47-27(26-16-25(58-36(26)56)14-24-6-7-29-28(15-24)46-21-51(29)5)17-31-39(3)9-8-33(53)40(4,19-52)30(39)18-32(41(31)20-57-41)48-23(2)35(55)50-38-44-12-13-45-38/h6-7,10,12,14-16,21-23,27,30-33,47-48,52-53H,8-9,11,13,17-20H2,1-5H3,(H,43,49,54)(H,45,50,55)/b25-14+/t22?,23?,27?,30?,31?,32?,33-,39+,40+,41?/m1/s1. The molecule has 6 aliphatic rings. The Morgan fingerprint density at radius 1 is 1.07 bits per heavy atom. The zero-order valence-corrected chi connectivity index (χ0v) is 33.4. The lowest BCUT2D eigenvalue weighted by Crippen LogP contribution is -2.68.